The van der Waals surface area contributed by atoms with Crippen molar-refractivity contribution >= 4 is 11.8 Å². The molecule has 2 aliphatic heterocycles. The molecule has 28 heavy (non-hydrogen) atoms. The molecule has 1 aromatic rings. The molecule has 2 saturated heterocycles. The number of carbonyl (C=O) groups is 2. The summed E-state index contributed by atoms with van der Waals surface area (Å²) in [6.07, 6.45) is 3.96. The van der Waals surface area contributed by atoms with Gasteiger partial charge in [0.25, 0.3) is 0 Å². The number of nitrogens with zero attached hydrogens (tertiary/aromatic N) is 1. The van der Waals surface area contributed by atoms with Gasteiger partial charge in [-0.25, -0.2) is 0 Å². The molecule has 2 amide bonds. The molecule has 154 valence electrons. The highest BCUT2D eigenvalue weighted by Gasteiger charge is 2.26. The van der Waals surface area contributed by atoms with Crippen molar-refractivity contribution < 1.29 is 19.1 Å². The van der Waals surface area contributed by atoms with Crippen molar-refractivity contribution in [1.29, 1.82) is 0 Å². The third kappa shape index (κ3) is 6.49. The second kappa shape index (κ2) is 11.0. The fourth-order valence-corrected chi connectivity index (χ4v) is 3.72. The van der Waals surface area contributed by atoms with Crippen LogP contribution in [0.15, 0.2) is 30.3 Å². The van der Waals surface area contributed by atoms with Gasteiger partial charge in [-0.2, -0.15) is 0 Å². The van der Waals surface area contributed by atoms with Gasteiger partial charge < -0.3 is 25.0 Å². The molecule has 0 spiro atoms. The number of carbonyl (C=O) groups excluding carboxylic acids is 2. The average molecular weight is 389 g/mol. The van der Waals surface area contributed by atoms with E-state index in [4.69, 9.17) is 9.47 Å². The number of ether oxygens (including phenoxy) is 2. The van der Waals surface area contributed by atoms with Crippen LogP contribution in [0.1, 0.15) is 25.7 Å². The third-order valence-electron chi connectivity index (χ3n) is 5.28. The maximum atomic E-state index is 12.4. The Hall–Kier alpha value is -2.12. The molecule has 1 aromatic carbocycles. The Morgan fingerprint density at radius 3 is 2.79 bits per heavy atom. The van der Waals surface area contributed by atoms with Gasteiger partial charge in [0.1, 0.15) is 19.0 Å². The molecule has 2 heterocycles. The maximum absolute atomic E-state index is 12.4. The molecule has 7 nitrogen and oxygen atoms in total. The lowest BCUT2D eigenvalue weighted by Gasteiger charge is -2.33. The predicted octanol–water partition coefficient (Wildman–Crippen LogP) is 1.19. The van der Waals surface area contributed by atoms with E-state index in [-0.39, 0.29) is 24.5 Å². The third-order valence-corrected chi connectivity index (χ3v) is 5.28. The van der Waals surface area contributed by atoms with Crippen molar-refractivity contribution in [3.8, 4) is 5.75 Å². The van der Waals surface area contributed by atoms with E-state index in [0.29, 0.717) is 32.2 Å². The summed E-state index contributed by atoms with van der Waals surface area (Å²) in [7, 11) is 0. The van der Waals surface area contributed by atoms with E-state index in [2.05, 4.69) is 10.6 Å². The number of likely N-dealkylation sites (tertiary alicyclic amines) is 1. The molecule has 2 unspecified atom stereocenters. The van der Waals surface area contributed by atoms with Crippen molar-refractivity contribution in [3.05, 3.63) is 30.3 Å². The number of nitrogens with one attached hydrogen (secondary N) is 2. The molecule has 0 saturated carbocycles. The smallest absolute Gasteiger partial charge is 0.248 e. The quantitative estimate of drug-likeness (QED) is 0.620. The van der Waals surface area contributed by atoms with Gasteiger partial charge in [-0.3, -0.25) is 9.59 Å². The van der Waals surface area contributed by atoms with Gasteiger partial charge in [-0.05, 0) is 50.3 Å². The molecular weight excluding hydrogens is 358 g/mol. The van der Waals surface area contributed by atoms with Crippen molar-refractivity contribution in [3.63, 3.8) is 0 Å². The molecule has 0 aliphatic carbocycles. The first-order valence-corrected chi connectivity index (χ1v) is 10.3. The second-order valence-corrected chi connectivity index (χ2v) is 7.46. The zero-order valence-electron chi connectivity index (χ0n) is 16.4. The van der Waals surface area contributed by atoms with Crippen LogP contribution in [0, 0.1) is 5.92 Å². The highest BCUT2D eigenvalue weighted by molar-refractivity contribution is 5.82. The standard InChI is InChI=1S/C21H31N3O4/c25-20(16-27-12-13-28-18-7-2-1-3-8-18)24-11-5-6-17(15-24)14-23-21(26)19-9-4-10-22-19/h1-3,7-8,17,19,22H,4-6,9-16H2,(H,23,26). The van der Waals surface area contributed by atoms with Crippen LogP contribution < -0.4 is 15.4 Å². The lowest BCUT2D eigenvalue weighted by Crippen LogP contribution is -2.47. The van der Waals surface area contributed by atoms with E-state index in [1.165, 1.54) is 0 Å². The first kappa shape index (κ1) is 20.6. The first-order valence-electron chi connectivity index (χ1n) is 10.3. The van der Waals surface area contributed by atoms with Crippen molar-refractivity contribution in [1.82, 2.24) is 15.5 Å². The highest BCUT2D eigenvalue weighted by atomic mass is 16.5. The lowest BCUT2D eigenvalue weighted by atomic mass is 9.97. The fourth-order valence-electron chi connectivity index (χ4n) is 3.72. The summed E-state index contributed by atoms with van der Waals surface area (Å²) in [6, 6.07) is 9.50. The van der Waals surface area contributed by atoms with Crippen LogP contribution in [0.2, 0.25) is 0 Å². The Kier molecular flexibility index (Phi) is 8.11. The highest BCUT2D eigenvalue weighted by Crippen LogP contribution is 2.16. The summed E-state index contributed by atoms with van der Waals surface area (Å²) in [6.45, 7) is 3.86. The van der Waals surface area contributed by atoms with E-state index >= 15 is 0 Å². The summed E-state index contributed by atoms with van der Waals surface area (Å²) < 4.78 is 11.0. The molecule has 0 aromatic heterocycles. The van der Waals surface area contributed by atoms with Crippen LogP contribution in [0.3, 0.4) is 0 Å². The average Bonchev–Trinajstić information content (AvgIpc) is 3.28. The SMILES string of the molecule is O=C(NCC1CCCN(C(=O)COCCOc2ccccc2)C1)C1CCCN1. The molecule has 2 atom stereocenters. The van der Waals surface area contributed by atoms with E-state index in [1.54, 1.807) is 0 Å². The van der Waals surface area contributed by atoms with Crippen LogP contribution in [0.4, 0.5) is 0 Å². The zero-order valence-corrected chi connectivity index (χ0v) is 16.4. The van der Waals surface area contributed by atoms with Gasteiger partial charge in [-0.1, -0.05) is 18.2 Å². The summed E-state index contributed by atoms with van der Waals surface area (Å²) in [5.41, 5.74) is 0. The Balaban J connectivity index is 1.29. The van der Waals surface area contributed by atoms with Gasteiger partial charge in [0.05, 0.1) is 12.6 Å². The van der Waals surface area contributed by atoms with Crippen LogP contribution >= 0.6 is 0 Å². The summed E-state index contributed by atoms with van der Waals surface area (Å²) in [5.74, 6) is 1.20. The van der Waals surface area contributed by atoms with Crippen LogP contribution in [-0.2, 0) is 14.3 Å². The summed E-state index contributed by atoms with van der Waals surface area (Å²) in [5, 5.41) is 6.25. The largest absolute Gasteiger partial charge is 0.491 e. The Labute approximate surface area is 166 Å². The normalized spacial score (nSPS) is 22.1. The molecule has 0 bridgehead atoms. The van der Waals surface area contributed by atoms with Gasteiger partial charge >= 0.3 is 0 Å². The molecule has 0 radical (unpaired) electrons. The number of rotatable bonds is 9. The number of hydrogen-bond donors (Lipinski definition) is 2. The zero-order chi connectivity index (χ0) is 19.6. The monoisotopic (exact) mass is 389 g/mol. The van der Waals surface area contributed by atoms with E-state index < -0.39 is 0 Å². The molecule has 7 heteroatoms. The van der Waals surface area contributed by atoms with Crippen LogP contribution in [0.5, 0.6) is 5.75 Å². The van der Waals surface area contributed by atoms with Crippen molar-refractivity contribution in [2.45, 2.75) is 31.7 Å². The number of para-hydroxylation sites is 1. The molecular formula is C21H31N3O4. The Morgan fingerprint density at radius 1 is 1.14 bits per heavy atom. The number of piperidine rings is 1. The molecule has 2 aliphatic rings. The fraction of sp³-hybridized carbons (Fsp3) is 0.619. The number of benzene rings is 1. The number of hydrogen-bond acceptors (Lipinski definition) is 5. The minimum atomic E-state index is -0.0483. The summed E-state index contributed by atoms with van der Waals surface area (Å²) in [4.78, 5) is 26.4. The topological polar surface area (TPSA) is 79.9 Å². The van der Waals surface area contributed by atoms with Crippen molar-refractivity contribution in [2.24, 2.45) is 5.92 Å². The van der Waals surface area contributed by atoms with Crippen molar-refractivity contribution in [2.75, 3.05) is 46.0 Å². The molecule has 2 N–H and O–H groups in total. The predicted molar refractivity (Wildman–Crippen MR) is 106 cm³/mol. The van der Waals surface area contributed by atoms with Gasteiger partial charge in [0.15, 0.2) is 0 Å². The van der Waals surface area contributed by atoms with E-state index in [0.717, 1.165) is 44.5 Å². The minimum Gasteiger partial charge on any atom is -0.491 e. The molecule has 2 fully saturated rings. The lowest BCUT2D eigenvalue weighted by molar-refractivity contribution is -0.138. The second-order valence-electron chi connectivity index (χ2n) is 7.46. The molecule has 3 rings (SSSR count). The maximum Gasteiger partial charge on any atom is 0.248 e. The Morgan fingerprint density at radius 2 is 2.00 bits per heavy atom. The van der Waals surface area contributed by atoms with Crippen LogP contribution in [-0.4, -0.2) is 68.8 Å². The van der Waals surface area contributed by atoms with E-state index in [9.17, 15) is 9.59 Å². The number of amides is 2. The first-order chi connectivity index (χ1) is 13.7. The minimum absolute atomic E-state index is 0.00759. The van der Waals surface area contributed by atoms with Gasteiger partial charge in [0, 0.05) is 19.6 Å². The van der Waals surface area contributed by atoms with E-state index in [1.807, 2.05) is 35.2 Å². The van der Waals surface area contributed by atoms with Gasteiger partial charge in [0.2, 0.25) is 11.8 Å². The van der Waals surface area contributed by atoms with Gasteiger partial charge in [-0.15, -0.1) is 0 Å². The Bertz CT molecular complexity index is 619. The summed E-state index contributed by atoms with van der Waals surface area (Å²) >= 11 is 0. The van der Waals surface area contributed by atoms with Crippen LogP contribution in [0.25, 0.3) is 0 Å².